The van der Waals surface area contributed by atoms with Gasteiger partial charge in [-0.2, -0.15) is 0 Å². The minimum atomic E-state index is -0.312. The number of esters is 1. The quantitative estimate of drug-likeness (QED) is 0.718. The van der Waals surface area contributed by atoms with Gasteiger partial charge in [0, 0.05) is 5.69 Å². The molecule has 3 rings (SSSR count). The minimum absolute atomic E-state index is 0.312. The summed E-state index contributed by atoms with van der Waals surface area (Å²) in [5.74, 6) is 0.355. The van der Waals surface area contributed by atoms with Crippen LogP contribution in [-0.2, 0) is 4.74 Å². The Morgan fingerprint density at radius 1 is 1.19 bits per heavy atom. The fourth-order valence-electron chi connectivity index (χ4n) is 2.05. The first kappa shape index (κ1) is 13.2. The lowest BCUT2D eigenvalue weighted by Crippen LogP contribution is -2.04. The van der Waals surface area contributed by atoms with Gasteiger partial charge in [0.2, 0.25) is 5.95 Å². The number of para-hydroxylation sites is 2. The maximum atomic E-state index is 11.6. The number of ether oxygens (including phenoxy) is 1. The third kappa shape index (κ3) is 2.86. The van der Waals surface area contributed by atoms with Gasteiger partial charge in [-0.1, -0.05) is 12.1 Å². The van der Waals surface area contributed by atoms with Crippen molar-refractivity contribution in [3.63, 3.8) is 0 Å². The molecule has 0 aliphatic carbocycles. The van der Waals surface area contributed by atoms with Crippen molar-refractivity contribution in [2.75, 3.05) is 11.9 Å². The van der Waals surface area contributed by atoms with Crippen LogP contribution in [-0.4, -0.2) is 22.5 Å². The van der Waals surface area contributed by atoms with Crippen molar-refractivity contribution in [2.45, 2.75) is 6.92 Å². The lowest BCUT2D eigenvalue weighted by molar-refractivity contribution is 0.0526. The first-order chi connectivity index (χ1) is 10.3. The number of anilines is 2. The lowest BCUT2D eigenvalue weighted by atomic mass is 10.2. The van der Waals surface area contributed by atoms with Crippen molar-refractivity contribution >= 4 is 28.6 Å². The zero-order valence-corrected chi connectivity index (χ0v) is 11.6. The molecule has 2 N–H and O–H groups in total. The van der Waals surface area contributed by atoms with Crippen LogP contribution in [0.2, 0.25) is 0 Å². The largest absolute Gasteiger partial charge is 0.462 e. The molecule has 21 heavy (non-hydrogen) atoms. The second-order valence-electron chi connectivity index (χ2n) is 4.53. The molecular weight excluding hydrogens is 266 g/mol. The molecule has 5 nitrogen and oxygen atoms in total. The van der Waals surface area contributed by atoms with Gasteiger partial charge in [-0.15, -0.1) is 0 Å². The fourth-order valence-corrected chi connectivity index (χ4v) is 2.05. The van der Waals surface area contributed by atoms with Crippen molar-refractivity contribution < 1.29 is 9.53 Å². The van der Waals surface area contributed by atoms with Gasteiger partial charge in [-0.3, -0.25) is 0 Å². The van der Waals surface area contributed by atoms with Crippen LogP contribution in [0.1, 0.15) is 17.3 Å². The number of hydrogen-bond donors (Lipinski definition) is 2. The van der Waals surface area contributed by atoms with E-state index in [-0.39, 0.29) is 5.97 Å². The molecule has 0 amide bonds. The Labute approximate surface area is 122 Å². The molecule has 1 aromatic heterocycles. The highest BCUT2D eigenvalue weighted by atomic mass is 16.5. The van der Waals surface area contributed by atoms with E-state index >= 15 is 0 Å². The number of aromatic amines is 1. The summed E-state index contributed by atoms with van der Waals surface area (Å²) in [5, 5.41) is 3.17. The van der Waals surface area contributed by atoms with Crippen molar-refractivity contribution in [1.29, 1.82) is 0 Å². The highest BCUT2D eigenvalue weighted by Gasteiger charge is 2.06. The number of fused-ring (bicyclic) bond motifs is 1. The van der Waals surface area contributed by atoms with E-state index in [1.54, 1.807) is 19.1 Å². The Morgan fingerprint density at radius 3 is 2.67 bits per heavy atom. The van der Waals surface area contributed by atoms with Crippen molar-refractivity contribution in [3.05, 3.63) is 54.1 Å². The molecule has 0 aliphatic heterocycles. The van der Waals surface area contributed by atoms with Crippen LogP contribution in [0.5, 0.6) is 0 Å². The number of hydrogen-bond acceptors (Lipinski definition) is 4. The van der Waals surface area contributed by atoms with Crippen molar-refractivity contribution in [1.82, 2.24) is 9.97 Å². The lowest BCUT2D eigenvalue weighted by Gasteiger charge is -2.04. The van der Waals surface area contributed by atoms with Crippen LogP contribution in [0.4, 0.5) is 11.6 Å². The fraction of sp³-hybridized carbons (Fsp3) is 0.125. The number of rotatable bonds is 4. The third-order valence-corrected chi connectivity index (χ3v) is 3.05. The number of benzene rings is 2. The number of H-pyrrole nitrogens is 1. The second kappa shape index (κ2) is 5.66. The van der Waals surface area contributed by atoms with E-state index < -0.39 is 0 Å². The van der Waals surface area contributed by atoms with Gasteiger partial charge in [-0.25, -0.2) is 9.78 Å². The number of nitrogens with zero attached hydrogens (tertiary/aromatic N) is 1. The Balaban J connectivity index is 1.77. The van der Waals surface area contributed by atoms with Crippen molar-refractivity contribution in [3.8, 4) is 0 Å². The maximum Gasteiger partial charge on any atom is 0.338 e. The molecular formula is C16H15N3O2. The van der Waals surface area contributed by atoms with E-state index in [1.165, 1.54) is 0 Å². The summed E-state index contributed by atoms with van der Waals surface area (Å²) in [6.45, 7) is 2.16. The van der Waals surface area contributed by atoms with Crippen molar-refractivity contribution in [2.24, 2.45) is 0 Å². The first-order valence-electron chi connectivity index (χ1n) is 6.75. The smallest absolute Gasteiger partial charge is 0.338 e. The molecule has 0 unspecified atom stereocenters. The van der Waals surface area contributed by atoms with Gasteiger partial charge in [-0.05, 0) is 43.3 Å². The summed E-state index contributed by atoms with van der Waals surface area (Å²) in [7, 11) is 0. The molecule has 0 saturated carbocycles. The van der Waals surface area contributed by atoms with E-state index in [2.05, 4.69) is 15.3 Å². The molecule has 0 saturated heterocycles. The average molecular weight is 281 g/mol. The maximum absolute atomic E-state index is 11.6. The molecule has 0 spiro atoms. The van der Waals surface area contributed by atoms with Gasteiger partial charge < -0.3 is 15.0 Å². The molecule has 106 valence electrons. The molecule has 0 aliphatic rings. The minimum Gasteiger partial charge on any atom is -0.462 e. The van der Waals surface area contributed by atoms with Crippen LogP contribution >= 0.6 is 0 Å². The van der Waals surface area contributed by atoms with Gasteiger partial charge in [0.1, 0.15) is 0 Å². The topological polar surface area (TPSA) is 67.0 Å². The Hall–Kier alpha value is -2.82. The molecule has 1 heterocycles. The molecule has 0 atom stereocenters. The Morgan fingerprint density at radius 2 is 1.95 bits per heavy atom. The van der Waals surface area contributed by atoms with Crippen LogP contribution in [0.25, 0.3) is 11.0 Å². The molecule has 0 fully saturated rings. The zero-order chi connectivity index (χ0) is 14.7. The second-order valence-corrected chi connectivity index (χ2v) is 4.53. The number of nitrogens with one attached hydrogen (secondary N) is 2. The highest BCUT2D eigenvalue weighted by molar-refractivity contribution is 5.90. The standard InChI is InChI=1S/C16H15N3O2/c1-2-21-15(20)11-7-9-12(10-8-11)17-16-18-13-5-3-4-6-14(13)19-16/h3-10H,2H2,1H3,(H2,17,18,19). The highest BCUT2D eigenvalue weighted by Crippen LogP contribution is 2.18. The predicted octanol–water partition coefficient (Wildman–Crippen LogP) is 3.48. The average Bonchev–Trinajstić information content (AvgIpc) is 2.90. The van der Waals surface area contributed by atoms with Crippen LogP contribution in [0, 0.1) is 0 Å². The van der Waals surface area contributed by atoms with Gasteiger partial charge >= 0.3 is 5.97 Å². The first-order valence-corrected chi connectivity index (χ1v) is 6.75. The summed E-state index contributed by atoms with van der Waals surface area (Å²) in [6.07, 6.45) is 0. The van der Waals surface area contributed by atoms with E-state index in [9.17, 15) is 4.79 Å². The van der Waals surface area contributed by atoms with E-state index in [1.807, 2.05) is 36.4 Å². The Kier molecular flexibility index (Phi) is 3.55. The number of imidazole rings is 1. The summed E-state index contributed by atoms with van der Waals surface area (Å²) in [5.41, 5.74) is 3.26. The van der Waals surface area contributed by atoms with E-state index in [0.29, 0.717) is 18.1 Å². The summed E-state index contributed by atoms with van der Waals surface area (Å²) >= 11 is 0. The molecule has 2 aromatic carbocycles. The number of aromatic nitrogens is 2. The molecule has 0 bridgehead atoms. The molecule has 5 heteroatoms. The Bertz CT molecular complexity index is 730. The van der Waals surface area contributed by atoms with E-state index in [4.69, 9.17) is 4.74 Å². The van der Waals surface area contributed by atoms with Crippen LogP contribution < -0.4 is 5.32 Å². The number of carbonyl (C=O) groups excluding carboxylic acids is 1. The molecule has 0 radical (unpaired) electrons. The predicted molar refractivity (Wildman–Crippen MR) is 81.8 cm³/mol. The van der Waals surface area contributed by atoms with Crippen LogP contribution in [0.15, 0.2) is 48.5 Å². The zero-order valence-electron chi connectivity index (χ0n) is 11.6. The van der Waals surface area contributed by atoms with Gasteiger partial charge in [0.15, 0.2) is 0 Å². The van der Waals surface area contributed by atoms with Gasteiger partial charge in [0.25, 0.3) is 0 Å². The van der Waals surface area contributed by atoms with Crippen LogP contribution in [0.3, 0.4) is 0 Å². The summed E-state index contributed by atoms with van der Waals surface area (Å²) in [4.78, 5) is 19.2. The normalized spacial score (nSPS) is 10.5. The van der Waals surface area contributed by atoms with E-state index in [0.717, 1.165) is 16.7 Å². The molecule has 3 aromatic rings. The number of carbonyl (C=O) groups is 1. The van der Waals surface area contributed by atoms with Gasteiger partial charge in [0.05, 0.1) is 23.2 Å². The summed E-state index contributed by atoms with van der Waals surface area (Å²) in [6, 6.07) is 14.9. The summed E-state index contributed by atoms with van der Waals surface area (Å²) < 4.78 is 4.95. The SMILES string of the molecule is CCOC(=O)c1ccc(Nc2nc3ccccc3[nH]2)cc1. The third-order valence-electron chi connectivity index (χ3n) is 3.05. The monoisotopic (exact) mass is 281 g/mol.